The number of hydrogen-bond donors (Lipinski definition) is 2. The number of nitrogens with two attached hydrogens (primary N) is 1. The van der Waals surface area contributed by atoms with Crippen molar-refractivity contribution in [1.29, 1.82) is 0 Å². The lowest BCUT2D eigenvalue weighted by molar-refractivity contribution is -0.113. The van der Waals surface area contributed by atoms with Crippen molar-refractivity contribution in [3.63, 3.8) is 0 Å². The van der Waals surface area contributed by atoms with E-state index in [-0.39, 0.29) is 5.91 Å². The lowest BCUT2D eigenvalue weighted by Gasteiger charge is -2.08. The number of hydrogen-bond acceptors (Lipinski definition) is 3. The maximum absolute atomic E-state index is 11.8. The second-order valence-corrected chi connectivity index (χ2v) is 5.79. The van der Waals surface area contributed by atoms with Crippen LogP contribution in [0.2, 0.25) is 0 Å². The van der Waals surface area contributed by atoms with E-state index in [0.717, 1.165) is 15.1 Å². The molecule has 5 heteroatoms. The van der Waals surface area contributed by atoms with E-state index in [2.05, 4.69) is 21.2 Å². The lowest BCUT2D eigenvalue weighted by atomic mass is 10.3. The van der Waals surface area contributed by atoms with Gasteiger partial charge in [0, 0.05) is 15.1 Å². The third kappa shape index (κ3) is 4.29. The predicted molar refractivity (Wildman–Crippen MR) is 84.4 cm³/mol. The summed E-state index contributed by atoms with van der Waals surface area (Å²) in [5, 5.41) is 2.85. The van der Waals surface area contributed by atoms with Crippen LogP contribution in [0.25, 0.3) is 0 Å². The summed E-state index contributed by atoms with van der Waals surface area (Å²) < 4.78 is 0.783. The first kappa shape index (κ1) is 14.0. The van der Waals surface area contributed by atoms with Gasteiger partial charge in [-0.05, 0) is 46.3 Å². The van der Waals surface area contributed by atoms with Crippen LogP contribution >= 0.6 is 27.7 Å². The first-order chi connectivity index (χ1) is 9.15. The summed E-state index contributed by atoms with van der Waals surface area (Å²) in [6, 6.07) is 15.1. The Labute approximate surface area is 124 Å². The monoisotopic (exact) mass is 336 g/mol. The molecular weight excluding hydrogens is 324 g/mol. The van der Waals surface area contributed by atoms with Crippen LogP contribution in [-0.4, -0.2) is 11.7 Å². The van der Waals surface area contributed by atoms with E-state index in [1.165, 1.54) is 11.8 Å². The molecular formula is C14H13BrN2OS. The Bertz CT molecular complexity index is 575. The van der Waals surface area contributed by atoms with Crippen molar-refractivity contribution in [2.45, 2.75) is 4.90 Å². The van der Waals surface area contributed by atoms with E-state index < -0.39 is 0 Å². The number of nitrogens with one attached hydrogen (secondary N) is 1. The van der Waals surface area contributed by atoms with Gasteiger partial charge in [0.1, 0.15) is 0 Å². The molecule has 2 aromatic rings. The van der Waals surface area contributed by atoms with Crippen LogP contribution in [0.15, 0.2) is 57.9 Å². The summed E-state index contributed by atoms with van der Waals surface area (Å²) >= 11 is 4.87. The topological polar surface area (TPSA) is 55.1 Å². The van der Waals surface area contributed by atoms with Crippen LogP contribution in [0.4, 0.5) is 11.4 Å². The Kier molecular flexibility index (Phi) is 4.87. The number of nitrogen functional groups attached to an aromatic ring is 1. The largest absolute Gasteiger partial charge is 0.399 e. The zero-order valence-electron chi connectivity index (χ0n) is 10.1. The summed E-state index contributed by atoms with van der Waals surface area (Å²) in [4.78, 5) is 12.9. The SMILES string of the molecule is Nc1ccc(NC(=O)CSc2ccccc2)c(Br)c1. The number of carbonyl (C=O) groups is 1. The third-order valence-corrected chi connectivity index (χ3v) is 4.05. The summed E-state index contributed by atoms with van der Waals surface area (Å²) in [5.74, 6) is 0.334. The highest BCUT2D eigenvalue weighted by Crippen LogP contribution is 2.25. The zero-order chi connectivity index (χ0) is 13.7. The number of benzene rings is 2. The Balaban J connectivity index is 1.91. The Hall–Kier alpha value is -1.46. The van der Waals surface area contributed by atoms with Gasteiger partial charge in [0.25, 0.3) is 0 Å². The van der Waals surface area contributed by atoms with Gasteiger partial charge in [-0.2, -0.15) is 0 Å². The van der Waals surface area contributed by atoms with E-state index in [4.69, 9.17) is 5.73 Å². The van der Waals surface area contributed by atoms with Crippen LogP contribution in [-0.2, 0) is 4.79 Å². The summed E-state index contributed by atoms with van der Waals surface area (Å²) in [6.07, 6.45) is 0. The van der Waals surface area contributed by atoms with Crippen LogP contribution in [0.3, 0.4) is 0 Å². The van der Waals surface area contributed by atoms with Gasteiger partial charge in [-0.15, -0.1) is 11.8 Å². The molecule has 0 fully saturated rings. The van der Waals surface area contributed by atoms with Gasteiger partial charge in [-0.25, -0.2) is 0 Å². The number of thioether (sulfide) groups is 1. The molecule has 0 unspecified atom stereocenters. The van der Waals surface area contributed by atoms with Crippen molar-refractivity contribution in [1.82, 2.24) is 0 Å². The summed E-state index contributed by atoms with van der Waals surface area (Å²) in [5.41, 5.74) is 7.03. The highest BCUT2D eigenvalue weighted by atomic mass is 79.9. The van der Waals surface area contributed by atoms with Gasteiger partial charge in [0.05, 0.1) is 11.4 Å². The Morgan fingerprint density at radius 3 is 2.63 bits per heavy atom. The van der Waals surface area contributed by atoms with Crippen molar-refractivity contribution >= 4 is 45.0 Å². The molecule has 0 spiro atoms. The number of amides is 1. The molecule has 3 N–H and O–H groups in total. The summed E-state index contributed by atoms with van der Waals surface area (Å²) in [6.45, 7) is 0. The quantitative estimate of drug-likeness (QED) is 0.660. The molecule has 0 aliphatic rings. The van der Waals surface area contributed by atoms with E-state index in [9.17, 15) is 4.79 Å². The minimum Gasteiger partial charge on any atom is -0.399 e. The van der Waals surface area contributed by atoms with Crippen LogP contribution in [0, 0.1) is 0 Å². The predicted octanol–water partition coefficient (Wildman–Crippen LogP) is 3.76. The minimum absolute atomic E-state index is 0.0423. The van der Waals surface area contributed by atoms with Gasteiger partial charge in [-0.1, -0.05) is 18.2 Å². The zero-order valence-corrected chi connectivity index (χ0v) is 12.5. The standard InChI is InChI=1S/C14H13BrN2OS/c15-12-8-10(16)6-7-13(12)17-14(18)9-19-11-4-2-1-3-5-11/h1-8H,9,16H2,(H,17,18). The average Bonchev–Trinajstić information content (AvgIpc) is 2.41. The van der Waals surface area contributed by atoms with Crippen LogP contribution < -0.4 is 11.1 Å². The first-order valence-corrected chi connectivity index (χ1v) is 7.46. The van der Waals surface area contributed by atoms with E-state index in [1.54, 1.807) is 18.2 Å². The van der Waals surface area contributed by atoms with Gasteiger partial charge in [0.2, 0.25) is 5.91 Å². The number of halogens is 1. The molecule has 98 valence electrons. The molecule has 1 amide bonds. The molecule has 0 atom stereocenters. The molecule has 0 aliphatic carbocycles. The van der Waals surface area contributed by atoms with Gasteiger partial charge >= 0.3 is 0 Å². The molecule has 2 rings (SSSR count). The first-order valence-electron chi connectivity index (χ1n) is 5.68. The highest BCUT2D eigenvalue weighted by Gasteiger charge is 2.06. The molecule has 0 saturated carbocycles. The molecule has 2 aromatic carbocycles. The van der Waals surface area contributed by atoms with E-state index >= 15 is 0 Å². The molecule has 0 aromatic heterocycles. The van der Waals surface area contributed by atoms with Crippen molar-refractivity contribution in [2.75, 3.05) is 16.8 Å². The van der Waals surface area contributed by atoms with Crippen molar-refractivity contribution in [2.24, 2.45) is 0 Å². The molecule has 19 heavy (non-hydrogen) atoms. The van der Waals surface area contributed by atoms with Gasteiger partial charge in [0.15, 0.2) is 0 Å². The molecule has 0 radical (unpaired) electrons. The molecule has 0 heterocycles. The normalized spacial score (nSPS) is 10.2. The van der Waals surface area contributed by atoms with Crippen molar-refractivity contribution in [3.8, 4) is 0 Å². The molecule has 0 bridgehead atoms. The molecule has 0 aliphatic heterocycles. The highest BCUT2D eigenvalue weighted by molar-refractivity contribution is 9.10. The van der Waals surface area contributed by atoms with Crippen molar-refractivity contribution < 1.29 is 4.79 Å². The fraction of sp³-hybridized carbons (Fsp3) is 0.0714. The summed E-state index contributed by atoms with van der Waals surface area (Å²) in [7, 11) is 0. The third-order valence-electron chi connectivity index (χ3n) is 2.38. The van der Waals surface area contributed by atoms with Gasteiger partial charge < -0.3 is 11.1 Å². The van der Waals surface area contributed by atoms with Gasteiger partial charge in [-0.3, -0.25) is 4.79 Å². The van der Waals surface area contributed by atoms with Crippen LogP contribution in [0.1, 0.15) is 0 Å². The Morgan fingerprint density at radius 1 is 1.21 bits per heavy atom. The van der Waals surface area contributed by atoms with E-state index in [0.29, 0.717) is 11.4 Å². The van der Waals surface area contributed by atoms with E-state index in [1.807, 2.05) is 30.3 Å². The average molecular weight is 337 g/mol. The second kappa shape index (κ2) is 6.63. The lowest BCUT2D eigenvalue weighted by Crippen LogP contribution is -2.14. The Morgan fingerprint density at radius 2 is 1.95 bits per heavy atom. The maximum Gasteiger partial charge on any atom is 0.234 e. The number of anilines is 2. The maximum atomic E-state index is 11.8. The fourth-order valence-electron chi connectivity index (χ4n) is 1.48. The second-order valence-electron chi connectivity index (χ2n) is 3.89. The van der Waals surface area contributed by atoms with Crippen LogP contribution in [0.5, 0.6) is 0 Å². The minimum atomic E-state index is -0.0423. The fourth-order valence-corrected chi connectivity index (χ4v) is 2.70. The molecule has 0 saturated heterocycles. The number of carbonyl (C=O) groups excluding carboxylic acids is 1. The smallest absolute Gasteiger partial charge is 0.234 e. The molecule has 3 nitrogen and oxygen atoms in total. The number of rotatable bonds is 4. The van der Waals surface area contributed by atoms with Crippen molar-refractivity contribution in [3.05, 3.63) is 53.0 Å².